The van der Waals surface area contributed by atoms with Crippen molar-refractivity contribution in [3.05, 3.63) is 57.0 Å². The van der Waals surface area contributed by atoms with Crippen molar-refractivity contribution in [2.45, 2.75) is 0 Å². The second-order valence-corrected chi connectivity index (χ2v) is 5.60. The lowest BCUT2D eigenvalue weighted by molar-refractivity contribution is 0.0952. The van der Waals surface area contributed by atoms with Gasteiger partial charge in [-0.2, -0.15) is 5.10 Å². The fraction of sp³-hybridized carbons (Fsp3) is 0.0667. The number of carbonyl (C=O) groups is 1. The van der Waals surface area contributed by atoms with Gasteiger partial charge < -0.3 is 9.84 Å². The molecule has 0 aromatic heterocycles. The lowest BCUT2D eigenvalue weighted by Crippen LogP contribution is -2.18. The number of halogens is 2. The number of phenolic OH excluding ortho intramolecular Hbond substituents is 1. The van der Waals surface area contributed by atoms with Crippen LogP contribution >= 0.6 is 27.5 Å². The number of ether oxygens (including phenoxy) is 1. The summed E-state index contributed by atoms with van der Waals surface area (Å²) in [7, 11) is 1.46. The molecule has 0 bridgehead atoms. The van der Waals surface area contributed by atoms with Gasteiger partial charge in [-0.3, -0.25) is 4.79 Å². The van der Waals surface area contributed by atoms with Crippen molar-refractivity contribution < 1.29 is 14.6 Å². The Morgan fingerprint density at radius 1 is 1.36 bits per heavy atom. The van der Waals surface area contributed by atoms with Gasteiger partial charge in [-0.05, 0) is 36.4 Å². The number of aromatic hydroxyl groups is 1. The quantitative estimate of drug-likeness (QED) is 0.626. The maximum absolute atomic E-state index is 12.1. The summed E-state index contributed by atoms with van der Waals surface area (Å²) >= 11 is 9.16. The molecule has 0 saturated carbocycles. The van der Waals surface area contributed by atoms with E-state index in [1.165, 1.54) is 25.5 Å². The van der Waals surface area contributed by atoms with Gasteiger partial charge in [0.25, 0.3) is 5.91 Å². The van der Waals surface area contributed by atoms with E-state index in [0.29, 0.717) is 16.3 Å². The SMILES string of the molecule is COc1ccc(Cl)cc1C(=O)NN=Cc1cc(Br)ccc1O. The summed E-state index contributed by atoms with van der Waals surface area (Å²) < 4.78 is 5.89. The molecule has 22 heavy (non-hydrogen) atoms. The zero-order valence-corrected chi connectivity index (χ0v) is 13.9. The second kappa shape index (κ2) is 7.29. The smallest absolute Gasteiger partial charge is 0.275 e. The molecule has 0 fully saturated rings. The van der Waals surface area contributed by atoms with Crippen molar-refractivity contribution in [3.8, 4) is 11.5 Å². The Morgan fingerprint density at radius 2 is 2.14 bits per heavy atom. The summed E-state index contributed by atoms with van der Waals surface area (Å²) in [5, 5.41) is 13.9. The number of phenols is 1. The number of methoxy groups -OCH3 is 1. The zero-order chi connectivity index (χ0) is 16.1. The minimum absolute atomic E-state index is 0.0570. The van der Waals surface area contributed by atoms with E-state index >= 15 is 0 Å². The van der Waals surface area contributed by atoms with Crippen molar-refractivity contribution in [3.63, 3.8) is 0 Å². The Kier molecular flexibility index (Phi) is 5.41. The highest BCUT2D eigenvalue weighted by Crippen LogP contribution is 2.22. The molecule has 114 valence electrons. The molecule has 7 heteroatoms. The summed E-state index contributed by atoms with van der Waals surface area (Å²) in [5.41, 5.74) is 3.10. The predicted molar refractivity (Wildman–Crippen MR) is 88.9 cm³/mol. The third kappa shape index (κ3) is 3.99. The second-order valence-electron chi connectivity index (χ2n) is 4.25. The fourth-order valence-electron chi connectivity index (χ4n) is 1.71. The molecule has 1 amide bonds. The lowest BCUT2D eigenvalue weighted by Gasteiger charge is -2.07. The Hall–Kier alpha value is -2.05. The number of hydrogen-bond donors (Lipinski definition) is 2. The van der Waals surface area contributed by atoms with Crippen LogP contribution in [-0.2, 0) is 0 Å². The Bertz CT molecular complexity index is 735. The van der Waals surface area contributed by atoms with Crippen molar-refractivity contribution in [2.75, 3.05) is 7.11 Å². The number of amides is 1. The van der Waals surface area contributed by atoms with Crippen LogP contribution in [-0.4, -0.2) is 24.3 Å². The maximum Gasteiger partial charge on any atom is 0.275 e. The summed E-state index contributed by atoms with van der Waals surface area (Å²) in [5.74, 6) is -0.0194. The van der Waals surface area contributed by atoms with Crippen LogP contribution < -0.4 is 10.2 Å². The average Bonchev–Trinajstić information content (AvgIpc) is 2.50. The molecule has 5 nitrogen and oxygen atoms in total. The monoisotopic (exact) mass is 382 g/mol. The molecule has 0 radical (unpaired) electrons. The fourth-order valence-corrected chi connectivity index (χ4v) is 2.26. The molecular formula is C15H12BrClN2O3. The Morgan fingerprint density at radius 3 is 2.86 bits per heavy atom. The molecule has 0 atom stereocenters. The highest BCUT2D eigenvalue weighted by molar-refractivity contribution is 9.10. The number of nitrogens with zero attached hydrogens (tertiary/aromatic N) is 1. The van der Waals surface area contributed by atoms with E-state index < -0.39 is 5.91 Å². The summed E-state index contributed by atoms with van der Waals surface area (Å²) in [4.78, 5) is 12.1. The van der Waals surface area contributed by atoms with Gasteiger partial charge in [0, 0.05) is 15.1 Å². The molecule has 2 rings (SSSR count). The maximum atomic E-state index is 12.1. The first-order chi connectivity index (χ1) is 10.5. The standard InChI is InChI=1S/C15H12BrClN2O3/c1-22-14-5-3-11(17)7-12(14)15(21)19-18-8-9-6-10(16)2-4-13(9)20/h2-8,20H,1H3,(H,19,21). The number of nitrogens with one attached hydrogen (secondary N) is 1. The molecule has 0 saturated heterocycles. The van der Waals surface area contributed by atoms with E-state index in [1.54, 1.807) is 24.3 Å². The number of rotatable bonds is 4. The third-order valence-electron chi connectivity index (χ3n) is 2.77. The predicted octanol–water partition coefficient (Wildman–Crippen LogP) is 3.58. The van der Waals surface area contributed by atoms with E-state index in [1.807, 2.05) is 0 Å². The first-order valence-electron chi connectivity index (χ1n) is 6.16. The van der Waals surface area contributed by atoms with Crippen molar-refractivity contribution >= 4 is 39.7 Å². The minimum Gasteiger partial charge on any atom is -0.507 e. The van der Waals surface area contributed by atoms with Crippen LogP contribution in [0.2, 0.25) is 5.02 Å². The first-order valence-corrected chi connectivity index (χ1v) is 7.34. The summed E-state index contributed by atoms with van der Waals surface area (Å²) in [6, 6.07) is 9.60. The van der Waals surface area contributed by atoms with E-state index in [-0.39, 0.29) is 11.3 Å². The van der Waals surface area contributed by atoms with Crippen molar-refractivity contribution in [1.29, 1.82) is 0 Å². The van der Waals surface area contributed by atoms with Crippen LogP contribution in [0.1, 0.15) is 15.9 Å². The van der Waals surface area contributed by atoms with Gasteiger partial charge in [-0.15, -0.1) is 0 Å². The van der Waals surface area contributed by atoms with Gasteiger partial charge in [-0.25, -0.2) is 5.43 Å². The van der Waals surface area contributed by atoms with E-state index in [0.717, 1.165) is 4.47 Å². The molecule has 0 heterocycles. The van der Waals surface area contributed by atoms with Crippen LogP contribution in [0.3, 0.4) is 0 Å². The topological polar surface area (TPSA) is 70.9 Å². The highest BCUT2D eigenvalue weighted by atomic mass is 79.9. The number of hydrazone groups is 1. The molecule has 0 aliphatic carbocycles. The highest BCUT2D eigenvalue weighted by Gasteiger charge is 2.12. The van der Waals surface area contributed by atoms with Crippen LogP contribution in [0, 0.1) is 0 Å². The van der Waals surface area contributed by atoms with Crippen LogP contribution in [0.4, 0.5) is 0 Å². The average molecular weight is 384 g/mol. The lowest BCUT2D eigenvalue weighted by atomic mass is 10.2. The first kappa shape index (κ1) is 16.3. The van der Waals surface area contributed by atoms with Gasteiger partial charge in [0.15, 0.2) is 0 Å². The number of benzene rings is 2. The van der Waals surface area contributed by atoms with Crippen LogP contribution in [0.15, 0.2) is 46.0 Å². The van der Waals surface area contributed by atoms with Crippen molar-refractivity contribution in [2.24, 2.45) is 5.10 Å². The van der Waals surface area contributed by atoms with Crippen molar-refractivity contribution in [1.82, 2.24) is 5.43 Å². The molecule has 0 spiro atoms. The van der Waals surface area contributed by atoms with Crippen LogP contribution in [0.5, 0.6) is 11.5 Å². The normalized spacial score (nSPS) is 10.7. The summed E-state index contributed by atoms with van der Waals surface area (Å²) in [6.07, 6.45) is 1.34. The molecule has 0 aliphatic rings. The third-order valence-corrected chi connectivity index (χ3v) is 3.49. The number of carbonyl (C=O) groups excluding carboxylic acids is 1. The van der Waals surface area contributed by atoms with Gasteiger partial charge >= 0.3 is 0 Å². The van der Waals surface area contributed by atoms with Crippen LogP contribution in [0.25, 0.3) is 0 Å². The van der Waals surface area contributed by atoms with Gasteiger partial charge in [0.1, 0.15) is 11.5 Å². The molecular weight excluding hydrogens is 372 g/mol. The minimum atomic E-state index is -0.468. The molecule has 2 aromatic carbocycles. The van der Waals surface area contributed by atoms with Gasteiger partial charge in [-0.1, -0.05) is 27.5 Å². The Balaban J connectivity index is 2.14. The van der Waals surface area contributed by atoms with Gasteiger partial charge in [0.2, 0.25) is 0 Å². The Labute approximate surface area is 140 Å². The molecule has 2 N–H and O–H groups in total. The molecule has 2 aromatic rings. The largest absolute Gasteiger partial charge is 0.507 e. The van der Waals surface area contributed by atoms with E-state index in [2.05, 4.69) is 26.5 Å². The number of hydrogen-bond acceptors (Lipinski definition) is 4. The zero-order valence-electron chi connectivity index (χ0n) is 11.5. The van der Waals surface area contributed by atoms with E-state index in [9.17, 15) is 9.90 Å². The molecule has 0 unspecified atom stereocenters. The van der Waals surface area contributed by atoms with E-state index in [4.69, 9.17) is 16.3 Å². The summed E-state index contributed by atoms with van der Waals surface area (Å²) in [6.45, 7) is 0. The van der Waals surface area contributed by atoms with Gasteiger partial charge in [0.05, 0.1) is 18.9 Å². The molecule has 0 aliphatic heterocycles.